The second-order valence-corrected chi connectivity index (χ2v) is 6.33. The summed E-state index contributed by atoms with van der Waals surface area (Å²) in [6.07, 6.45) is 2.53. The number of benzene rings is 2. The lowest BCUT2D eigenvalue weighted by Crippen LogP contribution is -2.29. The monoisotopic (exact) mass is 269 g/mol. The van der Waals surface area contributed by atoms with Crippen LogP contribution >= 0.6 is 0 Å². The van der Waals surface area contributed by atoms with Gasteiger partial charge in [0.1, 0.15) is 0 Å². The zero-order valence-corrected chi connectivity index (χ0v) is 13.2. The number of rotatable bonds is 6. The first kappa shape index (κ1) is 15.1. The predicted octanol–water partition coefficient (Wildman–Crippen LogP) is 5.32. The van der Waals surface area contributed by atoms with E-state index in [2.05, 4.69) is 75.5 Å². The van der Waals surface area contributed by atoms with Crippen molar-refractivity contribution in [3.05, 3.63) is 48.0 Å². The first-order valence-electron chi connectivity index (χ1n) is 7.81. The molecule has 0 aliphatic carbocycles. The van der Waals surface area contributed by atoms with Gasteiger partial charge >= 0.3 is 0 Å². The third-order valence-corrected chi connectivity index (χ3v) is 4.00. The van der Waals surface area contributed by atoms with Crippen LogP contribution in [0.5, 0.6) is 0 Å². The van der Waals surface area contributed by atoms with Gasteiger partial charge < -0.3 is 5.32 Å². The molecule has 0 aliphatic heterocycles. The fourth-order valence-electron chi connectivity index (χ4n) is 2.81. The number of hydrogen-bond acceptors (Lipinski definition) is 1. The molecule has 0 radical (unpaired) electrons. The van der Waals surface area contributed by atoms with Crippen molar-refractivity contribution in [2.24, 2.45) is 5.92 Å². The highest BCUT2D eigenvalue weighted by Crippen LogP contribution is 2.24. The first-order chi connectivity index (χ1) is 9.58. The van der Waals surface area contributed by atoms with Crippen molar-refractivity contribution in [3.63, 3.8) is 0 Å². The molecule has 1 heteroatoms. The average Bonchev–Trinajstić information content (AvgIpc) is 2.44. The van der Waals surface area contributed by atoms with Gasteiger partial charge in [-0.25, -0.2) is 0 Å². The standard InChI is InChI=1S/C19H27N/c1-14(2)12-13-15(3)20-16(4)18-11-7-9-17-8-5-6-10-19(17)18/h5-11,14-16,20H,12-13H2,1-4H3. The molecule has 0 bridgehead atoms. The molecule has 0 spiro atoms. The van der Waals surface area contributed by atoms with Crippen LogP contribution in [-0.4, -0.2) is 6.04 Å². The van der Waals surface area contributed by atoms with Crippen LogP contribution in [0.3, 0.4) is 0 Å². The highest BCUT2D eigenvalue weighted by molar-refractivity contribution is 5.86. The molecule has 2 rings (SSSR count). The Kier molecular flexibility index (Phi) is 5.19. The van der Waals surface area contributed by atoms with Gasteiger partial charge in [-0.1, -0.05) is 56.3 Å². The van der Waals surface area contributed by atoms with Gasteiger partial charge in [0.25, 0.3) is 0 Å². The van der Waals surface area contributed by atoms with Gasteiger partial charge in [0.2, 0.25) is 0 Å². The van der Waals surface area contributed by atoms with Crippen molar-refractivity contribution in [2.75, 3.05) is 0 Å². The van der Waals surface area contributed by atoms with E-state index in [0.717, 1.165) is 5.92 Å². The van der Waals surface area contributed by atoms with Crippen LogP contribution in [0.25, 0.3) is 10.8 Å². The van der Waals surface area contributed by atoms with Crippen molar-refractivity contribution in [3.8, 4) is 0 Å². The molecular formula is C19H27N. The highest BCUT2D eigenvalue weighted by atomic mass is 14.9. The molecule has 0 aromatic heterocycles. The van der Waals surface area contributed by atoms with Crippen LogP contribution < -0.4 is 5.32 Å². The van der Waals surface area contributed by atoms with Gasteiger partial charge in [-0.05, 0) is 48.9 Å². The van der Waals surface area contributed by atoms with E-state index in [-0.39, 0.29) is 0 Å². The van der Waals surface area contributed by atoms with Crippen molar-refractivity contribution < 1.29 is 0 Å². The second-order valence-electron chi connectivity index (χ2n) is 6.33. The van der Waals surface area contributed by atoms with Gasteiger partial charge in [0.15, 0.2) is 0 Å². The van der Waals surface area contributed by atoms with Gasteiger partial charge in [0.05, 0.1) is 0 Å². The fraction of sp³-hybridized carbons (Fsp3) is 0.474. The molecule has 1 nitrogen and oxygen atoms in total. The maximum Gasteiger partial charge on any atom is 0.0300 e. The van der Waals surface area contributed by atoms with E-state index in [4.69, 9.17) is 0 Å². The summed E-state index contributed by atoms with van der Waals surface area (Å²) in [7, 11) is 0. The molecule has 0 aliphatic rings. The Morgan fingerprint density at radius 3 is 2.30 bits per heavy atom. The summed E-state index contributed by atoms with van der Waals surface area (Å²) in [5.41, 5.74) is 1.40. The molecule has 0 saturated carbocycles. The molecular weight excluding hydrogens is 242 g/mol. The molecule has 20 heavy (non-hydrogen) atoms. The Labute approximate surface area is 123 Å². The predicted molar refractivity (Wildman–Crippen MR) is 89.0 cm³/mol. The lowest BCUT2D eigenvalue weighted by atomic mass is 9.98. The van der Waals surface area contributed by atoms with Crippen LogP contribution in [0, 0.1) is 5.92 Å². The molecule has 2 unspecified atom stereocenters. The van der Waals surface area contributed by atoms with E-state index < -0.39 is 0 Å². The fourth-order valence-corrected chi connectivity index (χ4v) is 2.81. The molecule has 2 aromatic rings. The maximum atomic E-state index is 3.74. The maximum absolute atomic E-state index is 3.74. The third-order valence-electron chi connectivity index (χ3n) is 4.00. The lowest BCUT2D eigenvalue weighted by molar-refractivity contribution is 0.418. The Morgan fingerprint density at radius 2 is 1.55 bits per heavy atom. The number of fused-ring (bicyclic) bond motifs is 1. The molecule has 0 fully saturated rings. The molecule has 2 aromatic carbocycles. The quantitative estimate of drug-likeness (QED) is 0.749. The summed E-state index contributed by atoms with van der Waals surface area (Å²) >= 11 is 0. The van der Waals surface area contributed by atoms with Crippen LogP contribution in [0.2, 0.25) is 0 Å². The SMILES string of the molecule is CC(C)CCC(C)NC(C)c1cccc2ccccc12. The molecule has 0 heterocycles. The Morgan fingerprint density at radius 1 is 0.850 bits per heavy atom. The molecule has 108 valence electrons. The molecule has 2 atom stereocenters. The van der Waals surface area contributed by atoms with E-state index in [1.807, 2.05) is 0 Å². The van der Waals surface area contributed by atoms with E-state index in [9.17, 15) is 0 Å². The normalized spacial score (nSPS) is 14.7. The van der Waals surface area contributed by atoms with E-state index >= 15 is 0 Å². The molecule has 1 N–H and O–H groups in total. The zero-order chi connectivity index (χ0) is 14.5. The Bertz CT molecular complexity index is 539. The summed E-state index contributed by atoms with van der Waals surface area (Å²) in [6.45, 7) is 9.15. The third kappa shape index (κ3) is 3.83. The minimum atomic E-state index is 0.392. The topological polar surface area (TPSA) is 12.0 Å². The van der Waals surface area contributed by atoms with Crippen LogP contribution in [0.15, 0.2) is 42.5 Å². The van der Waals surface area contributed by atoms with Gasteiger partial charge in [-0.15, -0.1) is 0 Å². The molecule has 0 amide bonds. The van der Waals surface area contributed by atoms with Crippen molar-refractivity contribution in [1.82, 2.24) is 5.32 Å². The Balaban J connectivity index is 2.09. The number of nitrogens with one attached hydrogen (secondary N) is 1. The zero-order valence-electron chi connectivity index (χ0n) is 13.2. The minimum Gasteiger partial charge on any atom is -0.308 e. The van der Waals surface area contributed by atoms with Crippen molar-refractivity contribution in [1.29, 1.82) is 0 Å². The van der Waals surface area contributed by atoms with Crippen molar-refractivity contribution in [2.45, 2.75) is 52.6 Å². The first-order valence-corrected chi connectivity index (χ1v) is 7.81. The van der Waals surface area contributed by atoms with E-state index in [0.29, 0.717) is 12.1 Å². The highest BCUT2D eigenvalue weighted by Gasteiger charge is 2.12. The lowest BCUT2D eigenvalue weighted by Gasteiger charge is -2.22. The largest absolute Gasteiger partial charge is 0.308 e. The van der Waals surface area contributed by atoms with E-state index in [1.165, 1.54) is 29.2 Å². The smallest absolute Gasteiger partial charge is 0.0300 e. The average molecular weight is 269 g/mol. The second kappa shape index (κ2) is 6.90. The van der Waals surface area contributed by atoms with Crippen LogP contribution in [0.1, 0.15) is 52.1 Å². The summed E-state index contributed by atoms with van der Waals surface area (Å²) in [6, 6.07) is 16.2. The van der Waals surface area contributed by atoms with Gasteiger partial charge in [-0.3, -0.25) is 0 Å². The molecule has 0 saturated heterocycles. The van der Waals surface area contributed by atoms with Gasteiger partial charge in [-0.2, -0.15) is 0 Å². The van der Waals surface area contributed by atoms with Crippen LogP contribution in [-0.2, 0) is 0 Å². The van der Waals surface area contributed by atoms with Crippen LogP contribution in [0.4, 0.5) is 0 Å². The van der Waals surface area contributed by atoms with E-state index in [1.54, 1.807) is 0 Å². The number of hydrogen-bond donors (Lipinski definition) is 1. The summed E-state index contributed by atoms with van der Waals surface area (Å²) in [4.78, 5) is 0. The van der Waals surface area contributed by atoms with Crippen molar-refractivity contribution >= 4 is 10.8 Å². The summed E-state index contributed by atoms with van der Waals surface area (Å²) in [5.74, 6) is 0.784. The minimum absolute atomic E-state index is 0.392. The summed E-state index contributed by atoms with van der Waals surface area (Å²) in [5, 5.41) is 6.44. The Hall–Kier alpha value is -1.34. The van der Waals surface area contributed by atoms with Gasteiger partial charge in [0, 0.05) is 12.1 Å². The summed E-state index contributed by atoms with van der Waals surface area (Å²) < 4.78 is 0.